The maximum Gasteiger partial charge on any atom is 0.344 e. The summed E-state index contributed by atoms with van der Waals surface area (Å²) >= 11 is 0. The third-order valence-electron chi connectivity index (χ3n) is 4.28. The van der Waals surface area contributed by atoms with Crippen LogP contribution in [0.5, 0.6) is 5.75 Å². The smallest absolute Gasteiger partial charge is 0.344 e. The van der Waals surface area contributed by atoms with Gasteiger partial charge in [-0.15, -0.1) is 0 Å². The first kappa shape index (κ1) is 13.5. The van der Waals surface area contributed by atoms with Crippen LogP contribution in [0.1, 0.15) is 49.7 Å². The van der Waals surface area contributed by atoms with E-state index >= 15 is 0 Å². The van der Waals surface area contributed by atoms with Gasteiger partial charge in [-0.3, -0.25) is 0 Å². The number of esters is 1. The van der Waals surface area contributed by atoms with Crippen molar-refractivity contribution in [3.05, 3.63) is 29.3 Å². The van der Waals surface area contributed by atoms with E-state index < -0.39 is 0 Å². The number of aryl methyl sites for hydroxylation is 2. The number of ether oxygens (including phenoxy) is 2. The number of hydrogen-bond donors (Lipinski definition) is 0. The summed E-state index contributed by atoms with van der Waals surface area (Å²) in [6.45, 7) is 0.0231. The molecule has 20 heavy (non-hydrogen) atoms. The largest absolute Gasteiger partial charge is 0.482 e. The Kier molecular flexibility index (Phi) is 4.24. The van der Waals surface area contributed by atoms with E-state index in [4.69, 9.17) is 9.47 Å². The zero-order chi connectivity index (χ0) is 13.8. The van der Waals surface area contributed by atoms with Crippen LogP contribution < -0.4 is 4.74 Å². The molecule has 0 aliphatic heterocycles. The van der Waals surface area contributed by atoms with Crippen LogP contribution in [-0.4, -0.2) is 18.7 Å². The third-order valence-corrected chi connectivity index (χ3v) is 4.28. The molecule has 1 fully saturated rings. The fourth-order valence-electron chi connectivity index (χ4n) is 3.17. The highest BCUT2D eigenvalue weighted by molar-refractivity contribution is 5.71. The Labute approximate surface area is 120 Å². The molecule has 0 unspecified atom stereocenters. The molecular formula is C17H22O3. The zero-order valence-corrected chi connectivity index (χ0v) is 11.9. The predicted molar refractivity (Wildman–Crippen MR) is 76.9 cm³/mol. The van der Waals surface area contributed by atoms with Crippen molar-refractivity contribution in [3.8, 4) is 5.75 Å². The van der Waals surface area contributed by atoms with Crippen molar-refractivity contribution in [2.45, 2.75) is 57.5 Å². The molecule has 2 aliphatic rings. The lowest BCUT2D eigenvalue weighted by Crippen LogP contribution is -2.20. The van der Waals surface area contributed by atoms with Gasteiger partial charge < -0.3 is 9.47 Å². The van der Waals surface area contributed by atoms with Crippen molar-refractivity contribution in [1.82, 2.24) is 0 Å². The summed E-state index contributed by atoms with van der Waals surface area (Å²) in [5.74, 6) is 0.545. The van der Waals surface area contributed by atoms with Gasteiger partial charge in [0, 0.05) is 0 Å². The molecule has 1 saturated carbocycles. The Morgan fingerprint density at radius 2 is 1.80 bits per heavy atom. The maximum atomic E-state index is 11.7. The predicted octanol–water partition coefficient (Wildman–Crippen LogP) is 3.43. The van der Waals surface area contributed by atoms with E-state index in [9.17, 15) is 4.79 Å². The molecule has 0 atom stereocenters. The van der Waals surface area contributed by atoms with Crippen molar-refractivity contribution >= 4 is 5.97 Å². The highest BCUT2D eigenvalue weighted by Crippen LogP contribution is 2.25. The van der Waals surface area contributed by atoms with Crippen LogP contribution in [0.2, 0.25) is 0 Å². The van der Waals surface area contributed by atoms with Crippen LogP contribution in [0.25, 0.3) is 0 Å². The molecule has 3 heteroatoms. The number of hydrogen-bond acceptors (Lipinski definition) is 3. The van der Waals surface area contributed by atoms with E-state index in [1.165, 1.54) is 43.2 Å². The summed E-state index contributed by atoms with van der Waals surface area (Å²) in [5, 5.41) is 0. The fraction of sp³-hybridized carbons (Fsp3) is 0.588. The van der Waals surface area contributed by atoms with Crippen LogP contribution >= 0.6 is 0 Å². The molecule has 1 aromatic rings. The summed E-state index contributed by atoms with van der Waals surface area (Å²) in [7, 11) is 0. The molecule has 0 amide bonds. The number of carbonyl (C=O) groups is 1. The van der Waals surface area contributed by atoms with Gasteiger partial charge in [0.25, 0.3) is 0 Å². The summed E-state index contributed by atoms with van der Waals surface area (Å²) in [6.07, 6.45) is 9.29. The van der Waals surface area contributed by atoms with Crippen LogP contribution in [0.4, 0.5) is 0 Å². The van der Waals surface area contributed by atoms with Crippen molar-refractivity contribution in [2.75, 3.05) is 6.61 Å². The minimum atomic E-state index is -0.241. The van der Waals surface area contributed by atoms with Gasteiger partial charge in [0.2, 0.25) is 0 Å². The van der Waals surface area contributed by atoms with Crippen LogP contribution in [0.15, 0.2) is 18.2 Å². The second kappa shape index (κ2) is 6.29. The topological polar surface area (TPSA) is 35.5 Å². The molecule has 1 aromatic carbocycles. The highest BCUT2D eigenvalue weighted by atomic mass is 16.6. The number of rotatable bonds is 4. The molecule has 0 bridgehead atoms. The molecule has 0 N–H and O–H groups in total. The first-order valence-electron chi connectivity index (χ1n) is 7.75. The van der Waals surface area contributed by atoms with Gasteiger partial charge >= 0.3 is 5.97 Å². The second-order valence-electron chi connectivity index (χ2n) is 5.82. The molecule has 2 aliphatic carbocycles. The van der Waals surface area contributed by atoms with E-state index in [1.807, 2.05) is 6.07 Å². The zero-order valence-electron chi connectivity index (χ0n) is 11.9. The Bertz CT molecular complexity index is 475. The minimum absolute atomic E-state index is 0.0231. The van der Waals surface area contributed by atoms with Crippen molar-refractivity contribution in [1.29, 1.82) is 0 Å². The van der Waals surface area contributed by atoms with Gasteiger partial charge in [0.15, 0.2) is 6.61 Å². The van der Waals surface area contributed by atoms with E-state index in [1.54, 1.807) is 0 Å². The van der Waals surface area contributed by atoms with Crippen LogP contribution in [0, 0.1) is 0 Å². The number of carbonyl (C=O) groups excluding carboxylic acids is 1. The van der Waals surface area contributed by atoms with Gasteiger partial charge in [-0.25, -0.2) is 4.79 Å². The fourth-order valence-corrected chi connectivity index (χ4v) is 3.17. The molecule has 3 nitrogen and oxygen atoms in total. The summed E-state index contributed by atoms with van der Waals surface area (Å²) in [6, 6.07) is 6.18. The van der Waals surface area contributed by atoms with Gasteiger partial charge in [-0.1, -0.05) is 6.07 Å². The minimum Gasteiger partial charge on any atom is -0.482 e. The van der Waals surface area contributed by atoms with E-state index in [2.05, 4.69) is 12.1 Å². The monoisotopic (exact) mass is 274 g/mol. The molecule has 0 heterocycles. The summed E-state index contributed by atoms with van der Waals surface area (Å²) in [5.41, 5.74) is 2.80. The van der Waals surface area contributed by atoms with Gasteiger partial charge in [-0.2, -0.15) is 0 Å². The molecule has 0 aromatic heterocycles. The highest BCUT2D eigenvalue weighted by Gasteiger charge is 2.19. The van der Waals surface area contributed by atoms with Crippen molar-refractivity contribution < 1.29 is 14.3 Å². The molecule has 0 radical (unpaired) electrons. The lowest BCUT2D eigenvalue weighted by molar-refractivity contribution is -0.151. The molecule has 0 spiro atoms. The first-order chi connectivity index (χ1) is 9.81. The third kappa shape index (κ3) is 3.33. The van der Waals surface area contributed by atoms with E-state index in [-0.39, 0.29) is 18.7 Å². The number of fused-ring (bicyclic) bond motifs is 1. The SMILES string of the molecule is O=C(COc1ccc2c(c1)CCCC2)OC1CCCC1. The van der Waals surface area contributed by atoms with Gasteiger partial charge in [0.05, 0.1) is 0 Å². The normalized spacial score (nSPS) is 18.6. The van der Waals surface area contributed by atoms with Gasteiger partial charge in [0.1, 0.15) is 11.9 Å². The summed E-state index contributed by atoms with van der Waals surface area (Å²) in [4.78, 5) is 11.7. The lowest BCUT2D eigenvalue weighted by Gasteiger charge is -2.17. The maximum absolute atomic E-state index is 11.7. The Morgan fingerprint density at radius 1 is 1.05 bits per heavy atom. The average molecular weight is 274 g/mol. The van der Waals surface area contributed by atoms with Crippen LogP contribution in [0.3, 0.4) is 0 Å². The molecule has 108 valence electrons. The second-order valence-corrected chi connectivity index (χ2v) is 5.82. The Balaban J connectivity index is 1.51. The van der Waals surface area contributed by atoms with Crippen molar-refractivity contribution in [3.63, 3.8) is 0 Å². The first-order valence-corrected chi connectivity index (χ1v) is 7.75. The Morgan fingerprint density at radius 3 is 2.60 bits per heavy atom. The lowest BCUT2D eigenvalue weighted by atomic mass is 9.92. The molecule has 0 saturated heterocycles. The van der Waals surface area contributed by atoms with Crippen LogP contribution in [-0.2, 0) is 22.4 Å². The quantitative estimate of drug-likeness (QED) is 0.789. The standard InChI is InChI=1S/C17H22O3/c18-17(20-15-7-3-4-8-15)12-19-16-10-9-13-5-1-2-6-14(13)11-16/h9-11,15H,1-8,12H2. The average Bonchev–Trinajstić information content (AvgIpc) is 2.98. The van der Waals surface area contributed by atoms with E-state index in [0.717, 1.165) is 25.0 Å². The van der Waals surface area contributed by atoms with Gasteiger partial charge in [-0.05, 0) is 74.6 Å². The molecule has 3 rings (SSSR count). The van der Waals surface area contributed by atoms with E-state index in [0.29, 0.717) is 0 Å². The van der Waals surface area contributed by atoms with Crippen molar-refractivity contribution in [2.24, 2.45) is 0 Å². The Hall–Kier alpha value is -1.51. The summed E-state index contributed by atoms with van der Waals surface area (Å²) < 4.78 is 11.0. The number of benzene rings is 1. The molecular weight excluding hydrogens is 252 g/mol.